The average molecular weight is 277 g/mol. The zero-order valence-electron chi connectivity index (χ0n) is 13.6. The first-order valence-corrected chi connectivity index (χ1v) is 8.16. The summed E-state index contributed by atoms with van der Waals surface area (Å²) >= 11 is 0. The summed E-state index contributed by atoms with van der Waals surface area (Å²) in [6, 6.07) is 9.08. The maximum atomic E-state index is 5.66. The van der Waals surface area contributed by atoms with Crippen molar-refractivity contribution in [1.82, 2.24) is 5.32 Å². The first-order chi connectivity index (χ1) is 9.76. The minimum absolute atomic E-state index is 0.454. The van der Waals surface area contributed by atoms with Gasteiger partial charge in [-0.1, -0.05) is 45.7 Å². The molecule has 2 nitrogen and oxygen atoms in total. The third-order valence-corrected chi connectivity index (χ3v) is 3.81. The van der Waals surface area contributed by atoms with Gasteiger partial charge in [-0.2, -0.15) is 0 Å². The molecule has 2 heteroatoms. The summed E-state index contributed by atoms with van der Waals surface area (Å²) in [6.45, 7) is 7.47. The molecule has 1 aromatic rings. The van der Waals surface area contributed by atoms with Crippen LogP contribution in [-0.2, 0) is 0 Å². The summed E-state index contributed by atoms with van der Waals surface area (Å²) in [5.41, 5.74) is 1.38. The minimum atomic E-state index is 0.454. The molecule has 0 saturated carbocycles. The van der Waals surface area contributed by atoms with E-state index in [0.29, 0.717) is 6.04 Å². The Morgan fingerprint density at radius 1 is 0.950 bits per heavy atom. The highest BCUT2D eigenvalue weighted by atomic mass is 16.5. The van der Waals surface area contributed by atoms with Gasteiger partial charge in [0.1, 0.15) is 5.75 Å². The Morgan fingerprint density at radius 2 is 1.55 bits per heavy atom. The van der Waals surface area contributed by atoms with Gasteiger partial charge in [-0.15, -0.1) is 0 Å². The molecule has 0 fully saturated rings. The van der Waals surface area contributed by atoms with Gasteiger partial charge in [0.2, 0.25) is 0 Å². The molecule has 114 valence electrons. The third-order valence-electron chi connectivity index (χ3n) is 3.81. The van der Waals surface area contributed by atoms with Crippen LogP contribution in [0.1, 0.15) is 64.5 Å². The van der Waals surface area contributed by atoms with Crippen LogP contribution in [0.2, 0.25) is 0 Å². The summed E-state index contributed by atoms with van der Waals surface area (Å²) in [6.07, 6.45) is 6.12. The lowest BCUT2D eigenvalue weighted by Crippen LogP contribution is -2.25. The highest BCUT2D eigenvalue weighted by Gasteiger charge is 2.20. The van der Waals surface area contributed by atoms with Crippen molar-refractivity contribution >= 4 is 0 Å². The molecule has 1 atom stereocenters. The van der Waals surface area contributed by atoms with Gasteiger partial charge in [-0.25, -0.2) is 0 Å². The van der Waals surface area contributed by atoms with E-state index < -0.39 is 0 Å². The molecule has 1 unspecified atom stereocenters. The van der Waals surface area contributed by atoms with Gasteiger partial charge >= 0.3 is 0 Å². The minimum Gasteiger partial charge on any atom is -0.494 e. The van der Waals surface area contributed by atoms with Crippen molar-refractivity contribution in [3.63, 3.8) is 0 Å². The second-order valence-corrected chi connectivity index (χ2v) is 5.52. The van der Waals surface area contributed by atoms with Gasteiger partial charge in [0.05, 0.1) is 6.61 Å². The summed E-state index contributed by atoms with van der Waals surface area (Å²) in [5, 5.41) is 3.51. The van der Waals surface area contributed by atoms with Crippen molar-refractivity contribution in [2.24, 2.45) is 5.92 Å². The Kier molecular flexibility index (Phi) is 8.36. The van der Waals surface area contributed by atoms with Crippen molar-refractivity contribution in [1.29, 1.82) is 0 Å². The van der Waals surface area contributed by atoms with Crippen molar-refractivity contribution in [3.8, 4) is 5.75 Å². The van der Waals surface area contributed by atoms with E-state index in [2.05, 4.69) is 57.4 Å². The Labute approximate surface area is 124 Å². The second kappa shape index (κ2) is 9.82. The fourth-order valence-electron chi connectivity index (χ4n) is 2.89. The Morgan fingerprint density at radius 3 is 2.00 bits per heavy atom. The number of benzene rings is 1. The largest absolute Gasteiger partial charge is 0.494 e. The van der Waals surface area contributed by atoms with E-state index in [1.165, 1.54) is 31.2 Å². The van der Waals surface area contributed by atoms with Gasteiger partial charge in [0.15, 0.2) is 0 Å². The van der Waals surface area contributed by atoms with Crippen LogP contribution in [-0.4, -0.2) is 13.7 Å². The maximum Gasteiger partial charge on any atom is 0.119 e. The predicted molar refractivity (Wildman–Crippen MR) is 87.3 cm³/mol. The standard InChI is InChI=1S/C18H31NO/c1-5-8-15(9-6-2)18(19-4)16-10-12-17(13-11-16)20-14-7-3/h10-13,15,18-19H,5-9,14H2,1-4H3. The Bertz CT molecular complexity index is 341. The summed E-state index contributed by atoms with van der Waals surface area (Å²) < 4.78 is 5.66. The fourth-order valence-corrected chi connectivity index (χ4v) is 2.89. The van der Waals surface area contributed by atoms with Crippen LogP contribution in [0.15, 0.2) is 24.3 Å². The van der Waals surface area contributed by atoms with Gasteiger partial charge in [-0.05, 0) is 49.9 Å². The number of ether oxygens (including phenoxy) is 1. The lowest BCUT2D eigenvalue weighted by Gasteiger charge is -2.27. The van der Waals surface area contributed by atoms with Crippen LogP contribution in [0, 0.1) is 5.92 Å². The highest BCUT2D eigenvalue weighted by Crippen LogP contribution is 2.30. The normalized spacial score (nSPS) is 12.7. The molecular weight excluding hydrogens is 246 g/mol. The molecule has 0 aliphatic heterocycles. The number of hydrogen-bond donors (Lipinski definition) is 1. The molecule has 0 heterocycles. The quantitative estimate of drug-likeness (QED) is 0.653. The topological polar surface area (TPSA) is 21.3 Å². The molecule has 1 rings (SSSR count). The van der Waals surface area contributed by atoms with E-state index in [9.17, 15) is 0 Å². The zero-order chi connectivity index (χ0) is 14.8. The number of hydrogen-bond acceptors (Lipinski definition) is 2. The molecule has 0 aromatic heterocycles. The molecule has 0 bridgehead atoms. The van der Waals surface area contributed by atoms with Crippen LogP contribution >= 0.6 is 0 Å². The molecule has 1 N–H and O–H groups in total. The summed E-state index contributed by atoms with van der Waals surface area (Å²) in [7, 11) is 2.07. The summed E-state index contributed by atoms with van der Waals surface area (Å²) in [5.74, 6) is 1.70. The first kappa shape index (κ1) is 17.0. The highest BCUT2D eigenvalue weighted by molar-refractivity contribution is 5.29. The molecule has 0 spiro atoms. The SMILES string of the molecule is CCCOc1ccc(C(NC)C(CCC)CCC)cc1. The first-order valence-electron chi connectivity index (χ1n) is 8.16. The van der Waals surface area contributed by atoms with E-state index in [-0.39, 0.29) is 0 Å². The molecule has 20 heavy (non-hydrogen) atoms. The lowest BCUT2D eigenvalue weighted by atomic mass is 9.86. The number of nitrogens with one attached hydrogen (secondary N) is 1. The van der Waals surface area contributed by atoms with Gasteiger partial charge in [0.25, 0.3) is 0 Å². The van der Waals surface area contributed by atoms with Crippen LogP contribution in [0.4, 0.5) is 0 Å². The van der Waals surface area contributed by atoms with Crippen molar-refractivity contribution in [3.05, 3.63) is 29.8 Å². The van der Waals surface area contributed by atoms with E-state index in [1.807, 2.05) is 0 Å². The average Bonchev–Trinajstić information content (AvgIpc) is 2.47. The predicted octanol–water partition coefficient (Wildman–Crippen LogP) is 4.95. The van der Waals surface area contributed by atoms with Gasteiger partial charge < -0.3 is 10.1 Å². The van der Waals surface area contributed by atoms with E-state index in [1.54, 1.807) is 0 Å². The smallest absolute Gasteiger partial charge is 0.119 e. The molecule has 0 radical (unpaired) electrons. The molecule has 0 aliphatic rings. The van der Waals surface area contributed by atoms with Gasteiger partial charge in [-0.3, -0.25) is 0 Å². The third kappa shape index (κ3) is 5.16. The second-order valence-electron chi connectivity index (χ2n) is 5.52. The van der Waals surface area contributed by atoms with Crippen molar-refractivity contribution in [2.45, 2.75) is 58.9 Å². The molecular formula is C18H31NO. The zero-order valence-corrected chi connectivity index (χ0v) is 13.6. The molecule has 0 saturated heterocycles. The van der Waals surface area contributed by atoms with Gasteiger partial charge in [0, 0.05) is 6.04 Å². The van der Waals surface area contributed by atoms with Crippen molar-refractivity contribution in [2.75, 3.05) is 13.7 Å². The Balaban J connectivity index is 2.76. The summed E-state index contributed by atoms with van der Waals surface area (Å²) in [4.78, 5) is 0. The molecule has 0 aliphatic carbocycles. The van der Waals surface area contributed by atoms with E-state index >= 15 is 0 Å². The lowest BCUT2D eigenvalue weighted by molar-refractivity contribution is 0.315. The van der Waals surface area contributed by atoms with E-state index in [0.717, 1.165) is 24.7 Å². The Hall–Kier alpha value is -1.02. The molecule has 1 aromatic carbocycles. The number of rotatable bonds is 10. The monoisotopic (exact) mass is 277 g/mol. The van der Waals surface area contributed by atoms with E-state index in [4.69, 9.17) is 4.74 Å². The van der Waals surface area contributed by atoms with Crippen molar-refractivity contribution < 1.29 is 4.74 Å². The van der Waals surface area contributed by atoms with Crippen LogP contribution in [0.5, 0.6) is 5.75 Å². The molecule has 0 amide bonds. The maximum absolute atomic E-state index is 5.66. The fraction of sp³-hybridized carbons (Fsp3) is 0.667. The van der Waals surface area contributed by atoms with Crippen LogP contribution < -0.4 is 10.1 Å². The van der Waals surface area contributed by atoms with Crippen LogP contribution in [0.25, 0.3) is 0 Å². The van der Waals surface area contributed by atoms with Crippen LogP contribution in [0.3, 0.4) is 0 Å².